The van der Waals surface area contributed by atoms with E-state index >= 15 is 0 Å². The van der Waals surface area contributed by atoms with Gasteiger partial charge >= 0.3 is 0 Å². The van der Waals surface area contributed by atoms with Crippen molar-refractivity contribution >= 4 is 29.1 Å². The zero-order valence-electron chi connectivity index (χ0n) is 12.1. The van der Waals surface area contributed by atoms with Crippen molar-refractivity contribution in [1.29, 1.82) is 0 Å². The maximum absolute atomic E-state index is 12.8. The number of amides is 1. The summed E-state index contributed by atoms with van der Waals surface area (Å²) in [4.78, 5) is 24.8. The van der Waals surface area contributed by atoms with Crippen molar-refractivity contribution in [2.24, 2.45) is 0 Å². The normalized spacial score (nSPS) is 10.3. The summed E-state index contributed by atoms with van der Waals surface area (Å²) >= 11 is 1.54. The molecule has 114 valence electrons. The molecule has 0 unspecified atom stereocenters. The number of nitrogens with one attached hydrogen (secondary N) is 1. The second-order valence-electron chi connectivity index (χ2n) is 4.68. The fourth-order valence-corrected chi connectivity index (χ4v) is 2.52. The average molecular weight is 317 g/mol. The highest BCUT2D eigenvalue weighted by Gasteiger charge is 2.11. The molecule has 0 aromatic heterocycles. The first-order valence-corrected chi connectivity index (χ1v) is 8.04. The SMILES string of the molecule is CSc1ccccc1NC(=O)CCC(=O)c1ccc(F)cc1. The Morgan fingerprint density at radius 1 is 1.05 bits per heavy atom. The van der Waals surface area contributed by atoms with Gasteiger partial charge in [-0.2, -0.15) is 0 Å². The van der Waals surface area contributed by atoms with Gasteiger partial charge in [0.25, 0.3) is 0 Å². The molecule has 0 spiro atoms. The lowest BCUT2D eigenvalue weighted by atomic mass is 10.1. The van der Waals surface area contributed by atoms with Gasteiger partial charge in [-0.15, -0.1) is 11.8 Å². The summed E-state index contributed by atoms with van der Waals surface area (Å²) in [5.74, 6) is -0.770. The summed E-state index contributed by atoms with van der Waals surface area (Å²) in [7, 11) is 0. The van der Waals surface area contributed by atoms with Crippen molar-refractivity contribution in [3.05, 3.63) is 59.9 Å². The number of carbonyl (C=O) groups excluding carboxylic acids is 2. The number of anilines is 1. The third-order valence-electron chi connectivity index (χ3n) is 3.13. The van der Waals surface area contributed by atoms with E-state index in [1.807, 2.05) is 30.5 Å². The topological polar surface area (TPSA) is 46.2 Å². The molecule has 0 aliphatic carbocycles. The Hall–Kier alpha value is -2.14. The third-order valence-corrected chi connectivity index (χ3v) is 3.92. The van der Waals surface area contributed by atoms with Crippen LogP contribution in [-0.2, 0) is 4.79 Å². The number of para-hydroxylation sites is 1. The van der Waals surface area contributed by atoms with Gasteiger partial charge in [0.2, 0.25) is 5.91 Å². The fourth-order valence-electron chi connectivity index (χ4n) is 1.97. The number of hydrogen-bond acceptors (Lipinski definition) is 3. The Morgan fingerprint density at radius 2 is 1.73 bits per heavy atom. The zero-order chi connectivity index (χ0) is 15.9. The van der Waals surface area contributed by atoms with Gasteiger partial charge in [-0.1, -0.05) is 12.1 Å². The zero-order valence-corrected chi connectivity index (χ0v) is 13.0. The summed E-state index contributed by atoms with van der Waals surface area (Å²) in [6, 6.07) is 12.8. The minimum absolute atomic E-state index is 0.0961. The lowest BCUT2D eigenvalue weighted by Crippen LogP contribution is -2.14. The standard InChI is InChI=1S/C17H16FNO2S/c1-22-16-5-3-2-4-14(16)19-17(21)11-10-15(20)12-6-8-13(18)9-7-12/h2-9H,10-11H2,1H3,(H,19,21). The predicted molar refractivity (Wildman–Crippen MR) is 86.8 cm³/mol. The summed E-state index contributed by atoms with van der Waals surface area (Å²) < 4.78 is 12.8. The molecule has 0 heterocycles. The number of ketones is 1. The molecule has 2 aromatic carbocycles. The highest BCUT2D eigenvalue weighted by Crippen LogP contribution is 2.24. The van der Waals surface area contributed by atoms with Gasteiger partial charge in [-0.3, -0.25) is 9.59 Å². The third kappa shape index (κ3) is 4.43. The van der Waals surface area contributed by atoms with Crippen molar-refractivity contribution in [3.8, 4) is 0 Å². The van der Waals surface area contributed by atoms with E-state index in [-0.39, 0.29) is 30.3 Å². The number of rotatable bonds is 6. The fraction of sp³-hybridized carbons (Fsp3) is 0.176. The molecule has 0 fully saturated rings. The average Bonchev–Trinajstić information content (AvgIpc) is 2.54. The van der Waals surface area contributed by atoms with E-state index in [1.54, 1.807) is 11.8 Å². The quantitative estimate of drug-likeness (QED) is 0.643. The molecule has 22 heavy (non-hydrogen) atoms. The van der Waals surface area contributed by atoms with Gasteiger partial charge in [0.1, 0.15) is 5.82 Å². The van der Waals surface area contributed by atoms with Gasteiger partial charge in [0.05, 0.1) is 5.69 Å². The molecule has 0 aliphatic heterocycles. The maximum Gasteiger partial charge on any atom is 0.224 e. The van der Waals surface area contributed by atoms with Crippen LogP contribution in [0, 0.1) is 5.82 Å². The molecule has 0 atom stereocenters. The van der Waals surface area contributed by atoms with Crippen LogP contribution >= 0.6 is 11.8 Å². The van der Waals surface area contributed by atoms with Crippen LogP contribution < -0.4 is 5.32 Å². The molecule has 0 saturated carbocycles. The Balaban J connectivity index is 1.90. The van der Waals surface area contributed by atoms with Crippen molar-refractivity contribution in [1.82, 2.24) is 0 Å². The molecule has 1 amide bonds. The number of thioether (sulfide) groups is 1. The monoisotopic (exact) mass is 317 g/mol. The molecule has 3 nitrogen and oxygen atoms in total. The van der Waals surface area contributed by atoms with Crippen LogP contribution in [0.15, 0.2) is 53.4 Å². The van der Waals surface area contributed by atoms with Gasteiger partial charge in [-0.25, -0.2) is 4.39 Å². The Bertz CT molecular complexity index is 671. The van der Waals surface area contributed by atoms with Gasteiger partial charge < -0.3 is 5.32 Å². The van der Waals surface area contributed by atoms with Crippen LogP contribution in [0.3, 0.4) is 0 Å². The molecular weight excluding hydrogens is 301 g/mol. The van der Waals surface area contributed by atoms with Crippen LogP contribution in [0.5, 0.6) is 0 Å². The van der Waals surface area contributed by atoms with Gasteiger partial charge in [0, 0.05) is 23.3 Å². The Morgan fingerprint density at radius 3 is 2.41 bits per heavy atom. The molecule has 2 rings (SSSR count). The highest BCUT2D eigenvalue weighted by molar-refractivity contribution is 7.98. The smallest absolute Gasteiger partial charge is 0.224 e. The summed E-state index contributed by atoms with van der Waals surface area (Å²) in [6.45, 7) is 0. The minimum atomic E-state index is -0.386. The van der Waals surface area contributed by atoms with E-state index in [4.69, 9.17) is 0 Å². The Kier molecular flexibility index (Phi) is 5.72. The number of benzene rings is 2. The van der Waals surface area contributed by atoms with Crippen LogP contribution in [0.2, 0.25) is 0 Å². The second-order valence-corrected chi connectivity index (χ2v) is 5.53. The first-order valence-electron chi connectivity index (χ1n) is 6.82. The summed E-state index contributed by atoms with van der Waals surface area (Å²) in [5.41, 5.74) is 1.16. The molecule has 0 aliphatic rings. The lowest BCUT2D eigenvalue weighted by Gasteiger charge is -2.09. The van der Waals surface area contributed by atoms with E-state index in [0.29, 0.717) is 5.56 Å². The first-order chi connectivity index (χ1) is 10.6. The van der Waals surface area contributed by atoms with Crippen LogP contribution in [-0.4, -0.2) is 17.9 Å². The van der Waals surface area contributed by atoms with Crippen molar-refractivity contribution < 1.29 is 14.0 Å². The number of halogens is 1. The van der Waals surface area contributed by atoms with E-state index in [2.05, 4.69) is 5.32 Å². The Labute approximate surface area is 132 Å². The molecule has 0 saturated heterocycles. The molecule has 5 heteroatoms. The van der Waals surface area contributed by atoms with Crippen LogP contribution in [0.25, 0.3) is 0 Å². The minimum Gasteiger partial charge on any atom is -0.325 e. The van der Waals surface area contributed by atoms with Crippen LogP contribution in [0.1, 0.15) is 23.2 Å². The van der Waals surface area contributed by atoms with Gasteiger partial charge in [0.15, 0.2) is 5.78 Å². The molecule has 1 N–H and O–H groups in total. The largest absolute Gasteiger partial charge is 0.325 e. The summed E-state index contributed by atoms with van der Waals surface area (Å²) in [6.07, 6.45) is 2.13. The summed E-state index contributed by atoms with van der Waals surface area (Å²) in [5, 5.41) is 2.81. The predicted octanol–water partition coefficient (Wildman–Crippen LogP) is 4.15. The van der Waals surface area contributed by atoms with Gasteiger partial charge in [-0.05, 0) is 42.7 Å². The van der Waals surface area contributed by atoms with E-state index in [0.717, 1.165) is 10.6 Å². The van der Waals surface area contributed by atoms with E-state index in [9.17, 15) is 14.0 Å². The van der Waals surface area contributed by atoms with Crippen molar-refractivity contribution in [3.63, 3.8) is 0 Å². The molecular formula is C17H16FNO2S. The maximum atomic E-state index is 12.8. The first kappa shape index (κ1) is 16.2. The lowest BCUT2D eigenvalue weighted by molar-refractivity contribution is -0.116. The molecule has 2 aromatic rings. The van der Waals surface area contributed by atoms with Crippen molar-refractivity contribution in [2.45, 2.75) is 17.7 Å². The van der Waals surface area contributed by atoms with E-state index < -0.39 is 0 Å². The number of hydrogen-bond donors (Lipinski definition) is 1. The van der Waals surface area contributed by atoms with Crippen LogP contribution in [0.4, 0.5) is 10.1 Å². The number of Topliss-reactive ketones (excluding diaryl/α,β-unsaturated/α-hetero) is 1. The molecule has 0 radical (unpaired) electrons. The number of carbonyl (C=O) groups is 2. The molecule has 0 bridgehead atoms. The highest BCUT2D eigenvalue weighted by atomic mass is 32.2. The second kappa shape index (κ2) is 7.75. The van der Waals surface area contributed by atoms with Crippen molar-refractivity contribution in [2.75, 3.05) is 11.6 Å². The van der Waals surface area contributed by atoms with E-state index in [1.165, 1.54) is 24.3 Å².